The Labute approximate surface area is 328 Å². The molecule has 0 radical (unpaired) electrons. The Hall–Kier alpha value is -6.91. The molecule has 0 aliphatic rings. The van der Waals surface area contributed by atoms with E-state index in [0.717, 1.165) is 72.5 Å². The van der Waals surface area contributed by atoms with Gasteiger partial charge in [0.25, 0.3) is 0 Å². The highest BCUT2D eigenvalue weighted by atomic mass is 16.5. The first-order valence-electron chi connectivity index (χ1n) is 19.1. The lowest BCUT2D eigenvalue weighted by atomic mass is 9.76. The number of nitrogens with zero attached hydrogens (tertiary/aromatic N) is 2. The standard InChI is InChI=1S/C52H42N2O2/c1-35-32-42(28-30-46(35)52(2,3)40-22-12-7-13-23-40)54(43-27-29-44(48(34-43)55-4)36-16-8-5-9-17-36)41-24-14-21-39(33-41)45-25-15-20-37-26-31-47-50(49(37)45)56-51(53-47)38-18-10-6-11-19-38/h5-34H,1-4H3. The normalized spacial score (nSPS) is 11.6. The van der Waals surface area contributed by atoms with Crippen LogP contribution < -0.4 is 9.64 Å². The van der Waals surface area contributed by atoms with Crippen LogP contribution in [0.25, 0.3) is 55.6 Å². The zero-order valence-electron chi connectivity index (χ0n) is 32.0. The fourth-order valence-electron chi connectivity index (χ4n) is 8.13. The molecule has 0 bridgehead atoms. The second-order valence-electron chi connectivity index (χ2n) is 14.8. The Bertz CT molecular complexity index is 2820. The molecule has 0 amide bonds. The van der Waals surface area contributed by atoms with Crippen molar-refractivity contribution < 1.29 is 9.15 Å². The monoisotopic (exact) mass is 726 g/mol. The number of fused-ring (bicyclic) bond motifs is 3. The summed E-state index contributed by atoms with van der Waals surface area (Å²) in [7, 11) is 1.75. The van der Waals surface area contributed by atoms with Crippen LogP contribution in [0.3, 0.4) is 0 Å². The maximum absolute atomic E-state index is 6.57. The van der Waals surface area contributed by atoms with Crippen LogP contribution in [0.2, 0.25) is 0 Å². The van der Waals surface area contributed by atoms with E-state index in [1.807, 2.05) is 42.5 Å². The van der Waals surface area contributed by atoms with Crippen LogP contribution in [0.1, 0.15) is 30.5 Å². The van der Waals surface area contributed by atoms with Crippen molar-refractivity contribution >= 4 is 38.9 Å². The van der Waals surface area contributed by atoms with Crippen LogP contribution >= 0.6 is 0 Å². The van der Waals surface area contributed by atoms with E-state index < -0.39 is 0 Å². The lowest BCUT2D eigenvalue weighted by molar-refractivity contribution is 0.416. The predicted molar refractivity (Wildman–Crippen MR) is 232 cm³/mol. The molecule has 0 fully saturated rings. The molecule has 0 aliphatic carbocycles. The molecule has 1 heterocycles. The molecule has 9 aromatic rings. The van der Waals surface area contributed by atoms with Gasteiger partial charge in [0.15, 0.2) is 5.58 Å². The largest absolute Gasteiger partial charge is 0.496 e. The minimum atomic E-state index is -0.171. The van der Waals surface area contributed by atoms with Crippen LogP contribution in [0.15, 0.2) is 186 Å². The molecule has 0 saturated carbocycles. The van der Waals surface area contributed by atoms with Gasteiger partial charge in [0, 0.05) is 45.1 Å². The maximum atomic E-state index is 6.57. The Morgan fingerprint density at radius 2 is 1.20 bits per heavy atom. The smallest absolute Gasteiger partial charge is 0.227 e. The van der Waals surface area contributed by atoms with Crippen LogP contribution in [0, 0.1) is 6.92 Å². The maximum Gasteiger partial charge on any atom is 0.227 e. The third-order valence-corrected chi connectivity index (χ3v) is 11.0. The van der Waals surface area contributed by atoms with Crippen molar-refractivity contribution in [3.8, 4) is 39.5 Å². The average Bonchev–Trinajstić information content (AvgIpc) is 3.70. The molecule has 272 valence electrons. The van der Waals surface area contributed by atoms with Gasteiger partial charge in [0.2, 0.25) is 5.89 Å². The summed E-state index contributed by atoms with van der Waals surface area (Å²) in [6, 6.07) is 64.0. The van der Waals surface area contributed by atoms with Crippen molar-refractivity contribution in [2.75, 3.05) is 12.0 Å². The van der Waals surface area contributed by atoms with Crippen LogP contribution in [0.4, 0.5) is 17.1 Å². The van der Waals surface area contributed by atoms with Crippen molar-refractivity contribution in [2.45, 2.75) is 26.2 Å². The van der Waals surface area contributed by atoms with Gasteiger partial charge in [-0.15, -0.1) is 0 Å². The Balaban J connectivity index is 1.20. The molecule has 9 rings (SSSR count). The summed E-state index contributed by atoms with van der Waals surface area (Å²) in [5.74, 6) is 1.43. The van der Waals surface area contributed by atoms with Gasteiger partial charge in [-0.3, -0.25) is 0 Å². The van der Waals surface area contributed by atoms with Gasteiger partial charge >= 0.3 is 0 Å². The van der Waals surface area contributed by atoms with Crippen molar-refractivity contribution in [3.05, 3.63) is 199 Å². The Morgan fingerprint density at radius 1 is 0.554 bits per heavy atom. The zero-order valence-corrected chi connectivity index (χ0v) is 32.0. The molecule has 0 unspecified atom stereocenters. The lowest BCUT2D eigenvalue weighted by Crippen LogP contribution is -2.20. The van der Waals surface area contributed by atoms with Crippen LogP contribution in [-0.4, -0.2) is 12.1 Å². The lowest BCUT2D eigenvalue weighted by Gasteiger charge is -2.31. The van der Waals surface area contributed by atoms with Gasteiger partial charge in [0.05, 0.1) is 7.11 Å². The molecular formula is C52H42N2O2. The van der Waals surface area contributed by atoms with Gasteiger partial charge in [-0.05, 0) is 100 Å². The van der Waals surface area contributed by atoms with E-state index in [0.29, 0.717) is 5.89 Å². The molecule has 1 aromatic heterocycles. The van der Waals surface area contributed by atoms with Crippen molar-refractivity contribution in [1.29, 1.82) is 0 Å². The molecule has 4 heteroatoms. The second kappa shape index (κ2) is 14.4. The van der Waals surface area contributed by atoms with Crippen molar-refractivity contribution in [1.82, 2.24) is 4.98 Å². The first-order valence-corrected chi connectivity index (χ1v) is 19.1. The summed E-state index contributed by atoms with van der Waals surface area (Å²) in [5.41, 5.74) is 13.6. The number of rotatable bonds is 9. The second-order valence-corrected chi connectivity index (χ2v) is 14.8. The predicted octanol–water partition coefficient (Wildman–Crippen LogP) is 14.1. The zero-order chi connectivity index (χ0) is 38.2. The number of oxazole rings is 1. The van der Waals surface area contributed by atoms with Crippen molar-refractivity contribution in [3.63, 3.8) is 0 Å². The highest BCUT2D eigenvalue weighted by Crippen LogP contribution is 2.44. The number of methoxy groups -OCH3 is 1. The van der Waals surface area contributed by atoms with Crippen LogP contribution in [-0.2, 0) is 5.41 Å². The number of hydrogen-bond donors (Lipinski definition) is 0. The minimum absolute atomic E-state index is 0.171. The van der Waals surface area contributed by atoms with Gasteiger partial charge in [-0.1, -0.05) is 135 Å². The minimum Gasteiger partial charge on any atom is -0.496 e. The summed E-state index contributed by atoms with van der Waals surface area (Å²) in [4.78, 5) is 7.23. The molecule has 4 nitrogen and oxygen atoms in total. The van der Waals surface area contributed by atoms with Gasteiger partial charge in [-0.25, -0.2) is 4.98 Å². The Morgan fingerprint density at radius 3 is 1.93 bits per heavy atom. The van der Waals surface area contributed by atoms with E-state index in [-0.39, 0.29) is 5.41 Å². The summed E-state index contributed by atoms with van der Waals surface area (Å²) in [6.45, 7) is 6.83. The third-order valence-electron chi connectivity index (χ3n) is 11.0. The van der Waals surface area contributed by atoms with E-state index in [2.05, 4.69) is 165 Å². The molecule has 0 N–H and O–H groups in total. The molecule has 56 heavy (non-hydrogen) atoms. The first-order chi connectivity index (χ1) is 27.4. The van der Waals surface area contributed by atoms with E-state index >= 15 is 0 Å². The van der Waals surface area contributed by atoms with E-state index in [9.17, 15) is 0 Å². The van der Waals surface area contributed by atoms with Gasteiger partial charge in [-0.2, -0.15) is 0 Å². The molecular weight excluding hydrogens is 685 g/mol. The van der Waals surface area contributed by atoms with Gasteiger partial charge in [0.1, 0.15) is 11.3 Å². The third kappa shape index (κ3) is 6.29. The fraction of sp³-hybridized carbons (Fsp3) is 0.0962. The number of hydrogen-bond acceptors (Lipinski definition) is 4. The van der Waals surface area contributed by atoms with Gasteiger partial charge < -0.3 is 14.1 Å². The summed E-state index contributed by atoms with van der Waals surface area (Å²) in [6.07, 6.45) is 0. The number of aryl methyl sites for hydroxylation is 1. The highest BCUT2D eigenvalue weighted by Gasteiger charge is 2.26. The van der Waals surface area contributed by atoms with E-state index in [4.69, 9.17) is 14.1 Å². The van der Waals surface area contributed by atoms with Crippen molar-refractivity contribution in [2.24, 2.45) is 0 Å². The van der Waals surface area contributed by atoms with Crippen LogP contribution in [0.5, 0.6) is 5.75 Å². The van der Waals surface area contributed by atoms with E-state index in [1.165, 1.54) is 16.7 Å². The summed E-state index contributed by atoms with van der Waals surface area (Å²) in [5, 5.41) is 2.14. The Kier molecular flexibility index (Phi) is 8.95. The molecule has 0 aliphatic heterocycles. The summed E-state index contributed by atoms with van der Waals surface area (Å²) >= 11 is 0. The van der Waals surface area contributed by atoms with E-state index in [1.54, 1.807) is 7.11 Å². The number of ether oxygens (including phenoxy) is 1. The number of aromatic nitrogens is 1. The fourth-order valence-corrected chi connectivity index (χ4v) is 8.13. The topological polar surface area (TPSA) is 38.5 Å². The molecule has 0 spiro atoms. The molecule has 0 atom stereocenters. The SMILES string of the molecule is COc1cc(N(c2cccc(-c3cccc4ccc5nc(-c6ccccc6)oc5c34)c2)c2ccc(C(C)(C)c3ccccc3)c(C)c2)ccc1-c1ccccc1. The average molecular weight is 727 g/mol. The molecule has 8 aromatic carbocycles. The molecule has 0 saturated heterocycles. The number of benzene rings is 8. The highest BCUT2D eigenvalue weighted by molar-refractivity contribution is 6.11. The summed E-state index contributed by atoms with van der Waals surface area (Å²) < 4.78 is 12.6. The quantitative estimate of drug-likeness (QED) is 0.148. The number of anilines is 3. The first kappa shape index (κ1) is 34.8.